The molecule has 0 spiro atoms. The Morgan fingerprint density at radius 3 is 2.68 bits per heavy atom. The van der Waals surface area contributed by atoms with Crippen molar-refractivity contribution >= 4 is 21.8 Å². The minimum absolute atomic E-state index is 0.0521. The van der Waals surface area contributed by atoms with Crippen LogP contribution in [0.2, 0.25) is 0 Å². The zero-order valence-corrected chi connectivity index (χ0v) is 13.0. The van der Waals surface area contributed by atoms with Gasteiger partial charge < -0.3 is 11.1 Å². The maximum Gasteiger partial charge on any atom is 0.224 e. The summed E-state index contributed by atoms with van der Waals surface area (Å²) in [6, 6.07) is 8.25. The summed E-state index contributed by atoms with van der Waals surface area (Å²) < 4.78 is 1.09. The summed E-state index contributed by atoms with van der Waals surface area (Å²) in [4.78, 5) is 12.0. The molecule has 0 radical (unpaired) electrons. The van der Waals surface area contributed by atoms with E-state index in [4.69, 9.17) is 5.73 Å². The zero-order valence-electron chi connectivity index (χ0n) is 11.4. The van der Waals surface area contributed by atoms with Crippen LogP contribution in [-0.4, -0.2) is 18.5 Å². The molecule has 2 atom stereocenters. The second-order valence-electron chi connectivity index (χ2n) is 5.66. The van der Waals surface area contributed by atoms with Gasteiger partial charge in [-0.1, -0.05) is 35.0 Å². The molecule has 0 aromatic heterocycles. The fourth-order valence-electron chi connectivity index (χ4n) is 2.19. The fourth-order valence-corrected chi connectivity index (χ4v) is 2.59. The van der Waals surface area contributed by atoms with Gasteiger partial charge >= 0.3 is 0 Å². The number of halogens is 1. The highest BCUT2D eigenvalue weighted by Crippen LogP contribution is 2.48. The minimum Gasteiger partial charge on any atom is -0.355 e. The van der Waals surface area contributed by atoms with Crippen molar-refractivity contribution in [2.45, 2.75) is 38.1 Å². The van der Waals surface area contributed by atoms with Gasteiger partial charge in [-0.15, -0.1) is 0 Å². The van der Waals surface area contributed by atoms with E-state index in [1.807, 2.05) is 26.0 Å². The van der Waals surface area contributed by atoms with Crippen LogP contribution in [0.5, 0.6) is 0 Å². The van der Waals surface area contributed by atoms with Crippen molar-refractivity contribution in [2.75, 3.05) is 6.54 Å². The third kappa shape index (κ3) is 3.37. The first-order valence-corrected chi connectivity index (χ1v) is 7.53. The van der Waals surface area contributed by atoms with Gasteiger partial charge in [0.15, 0.2) is 0 Å². The zero-order chi connectivity index (χ0) is 14.0. The molecule has 1 fully saturated rings. The number of hydrogen-bond donors (Lipinski definition) is 2. The number of benzene rings is 1. The molecule has 1 saturated carbocycles. The Labute approximate surface area is 123 Å². The van der Waals surface area contributed by atoms with Gasteiger partial charge in [-0.05, 0) is 37.5 Å². The van der Waals surface area contributed by atoms with Gasteiger partial charge in [0.25, 0.3) is 0 Å². The van der Waals surface area contributed by atoms with Crippen LogP contribution in [0.1, 0.15) is 32.3 Å². The quantitative estimate of drug-likeness (QED) is 0.874. The minimum atomic E-state index is -0.140. The topological polar surface area (TPSA) is 55.1 Å². The maximum absolute atomic E-state index is 12.0. The SMILES string of the molecule is CC(N)C(C)C(=O)NCC1(c2cccc(Br)c2)CC1. The number of nitrogens with two attached hydrogens (primary N) is 1. The highest BCUT2D eigenvalue weighted by atomic mass is 79.9. The number of nitrogens with one attached hydrogen (secondary N) is 1. The van der Waals surface area contributed by atoms with Crippen molar-refractivity contribution < 1.29 is 4.79 Å². The lowest BCUT2D eigenvalue weighted by atomic mass is 9.95. The van der Waals surface area contributed by atoms with Gasteiger partial charge in [0.2, 0.25) is 5.91 Å². The molecule has 3 nitrogen and oxygen atoms in total. The Hall–Kier alpha value is -0.870. The molecule has 104 valence electrons. The second kappa shape index (κ2) is 5.63. The lowest BCUT2D eigenvalue weighted by Crippen LogP contribution is -2.41. The molecule has 2 rings (SSSR count). The molecule has 0 saturated heterocycles. The van der Waals surface area contributed by atoms with Gasteiger partial charge in [-0.25, -0.2) is 0 Å². The van der Waals surface area contributed by atoms with E-state index in [-0.39, 0.29) is 23.3 Å². The normalized spacial score (nSPS) is 19.6. The lowest BCUT2D eigenvalue weighted by molar-refractivity contribution is -0.125. The van der Waals surface area contributed by atoms with Crippen LogP contribution in [0.25, 0.3) is 0 Å². The van der Waals surface area contributed by atoms with Gasteiger partial charge in [-0.3, -0.25) is 4.79 Å². The Kier molecular flexibility index (Phi) is 4.31. The van der Waals surface area contributed by atoms with E-state index in [1.165, 1.54) is 5.56 Å². The number of carbonyl (C=O) groups is 1. The predicted molar refractivity (Wildman–Crippen MR) is 80.9 cm³/mol. The summed E-state index contributed by atoms with van der Waals surface area (Å²) in [6.07, 6.45) is 2.27. The molecule has 2 unspecified atom stereocenters. The van der Waals surface area contributed by atoms with Crippen LogP contribution in [0, 0.1) is 5.92 Å². The third-order valence-electron chi connectivity index (χ3n) is 4.09. The first-order valence-electron chi connectivity index (χ1n) is 6.74. The summed E-state index contributed by atoms with van der Waals surface area (Å²) in [5.41, 5.74) is 7.19. The summed E-state index contributed by atoms with van der Waals surface area (Å²) >= 11 is 3.50. The average Bonchev–Trinajstić information content (AvgIpc) is 3.16. The van der Waals surface area contributed by atoms with Crippen molar-refractivity contribution in [3.8, 4) is 0 Å². The number of amides is 1. The molecule has 19 heavy (non-hydrogen) atoms. The van der Waals surface area contributed by atoms with Crippen molar-refractivity contribution in [3.05, 3.63) is 34.3 Å². The molecule has 1 aromatic carbocycles. The molecule has 0 bridgehead atoms. The molecular formula is C15H21BrN2O. The molecule has 1 aromatic rings. The van der Waals surface area contributed by atoms with E-state index >= 15 is 0 Å². The Morgan fingerprint density at radius 1 is 1.47 bits per heavy atom. The standard InChI is InChI=1S/C15H21BrN2O/c1-10(11(2)17)14(19)18-9-15(6-7-15)12-4-3-5-13(16)8-12/h3-5,8,10-11H,6-7,9,17H2,1-2H3,(H,18,19). The van der Waals surface area contributed by atoms with Gasteiger partial charge in [0.05, 0.1) is 0 Å². The first-order chi connectivity index (χ1) is 8.94. The molecule has 1 aliphatic carbocycles. The van der Waals surface area contributed by atoms with E-state index in [0.29, 0.717) is 6.54 Å². The second-order valence-corrected chi connectivity index (χ2v) is 6.57. The third-order valence-corrected chi connectivity index (χ3v) is 4.59. The van der Waals surface area contributed by atoms with Crippen molar-refractivity contribution in [2.24, 2.45) is 11.7 Å². The number of rotatable bonds is 5. The van der Waals surface area contributed by atoms with Gasteiger partial charge in [-0.2, -0.15) is 0 Å². The maximum atomic E-state index is 12.0. The monoisotopic (exact) mass is 324 g/mol. The largest absolute Gasteiger partial charge is 0.355 e. The molecule has 1 aliphatic rings. The van der Waals surface area contributed by atoms with Crippen LogP contribution >= 0.6 is 15.9 Å². The van der Waals surface area contributed by atoms with Gasteiger partial charge in [0, 0.05) is 28.4 Å². The fraction of sp³-hybridized carbons (Fsp3) is 0.533. The van der Waals surface area contributed by atoms with Crippen molar-refractivity contribution in [3.63, 3.8) is 0 Å². The van der Waals surface area contributed by atoms with Crippen LogP contribution in [0.3, 0.4) is 0 Å². The van der Waals surface area contributed by atoms with E-state index in [1.54, 1.807) is 0 Å². The van der Waals surface area contributed by atoms with Crippen molar-refractivity contribution in [1.29, 1.82) is 0 Å². The highest BCUT2D eigenvalue weighted by Gasteiger charge is 2.44. The summed E-state index contributed by atoms with van der Waals surface area (Å²) in [6.45, 7) is 4.45. The van der Waals surface area contributed by atoms with Gasteiger partial charge in [0.1, 0.15) is 0 Å². The molecule has 0 heterocycles. The Bertz CT molecular complexity index is 469. The van der Waals surface area contributed by atoms with Crippen molar-refractivity contribution in [1.82, 2.24) is 5.32 Å². The highest BCUT2D eigenvalue weighted by molar-refractivity contribution is 9.10. The number of carbonyl (C=O) groups excluding carboxylic acids is 1. The van der Waals surface area contributed by atoms with E-state index in [0.717, 1.165) is 17.3 Å². The lowest BCUT2D eigenvalue weighted by Gasteiger charge is -2.20. The molecular weight excluding hydrogens is 304 g/mol. The summed E-state index contributed by atoms with van der Waals surface area (Å²) in [7, 11) is 0. The molecule has 0 aliphatic heterocycles. The van der Waals surface area contributed by atoms with Crippen LogP contribution < -0.4 is 11.1 Å². The molecule has 3 N–H and O–H groups in total. The van der Waals surface area contributed by atoms with Crippen LogP contribution in [-0.2, 0) is 10.2 Å². The summed E-state index contributed by atoms with van der Waals surface area (Å²) in [5.74, 6) is -0.0884. The van der Waals surface area contributed by atoms with E-state index in [2.05, 4.69) is 33.4 Å². The summed E-state index contributed by atoms with van der Waals surface area (Å²) in [5, 5.41) is 3.05. The predicted octanol–water partition coefficient (Wildman–Crippen LogP) is 2.58. The van der Waals surface area contributed by atoms with Crippen LogP contribution in [0.15, 0.2) is 28.7 Å². The smallest absolute Gasteiger partial charge is 0.224 e. The van der Waals surface area contributed by atoms with E-state index < -0.39 is 0 Å². The Morgan fingerprint density at radius 2 is 2.16 bits per heavy atom. The molecule has 1 amide bonds. The molecule has 4 heteroatoms. The number of hydrogen-bond acceptors (Lipinski definition) is 2. The van der Waals surface area contributed by atoms with Crippen LogP contribution in [0.4, 0.5) is 0 Å². The average molecular weight is 325 g/mol. The first kappa shape index (κ1) is 14.5. The van der Waals surface area contributed by atoms with E-state index in [9.17, 15) is 4.79 Å². The Balaban J connectivity index is 1.98.